The summed E-state index contributed by atoms with van der Waals surface area (Å²) in [5.41, 5.74) is 2.34. The fourth-order valence-corrected chi connectivity index (χ4v) is 7.02. The molecule has 0 radical (unpaired) electrons. The fraction of sp³-hybridized carbons (Fsp3) is 0.636. The van der Waals surface area contributed by atoms with Crippen molar-refractivity contribution in [2.45, 2.75) is 97.8 Å². The Morgan fingerprint density at radius 1 is 1.05 bits per heavy atom. The summed E-state index contributed by atoms with van der Waals surface area (Å²) in [6.45, 7) is 13.5. The third-order valence-corrected chi connectivity index (χ3v) is 9.83. The van der Waals surface area contributed by atoms with Crippen molar-refractivity contribution >= 4 is 23.3 Å². The van der Waals surface area contributed by atoms with E-state index in [1.165, 1.54) is 25.3 Å². The average Bonchev–Trinajstić information content (AvgIpc) is 2.88. The van der Waals surface area contributed by atoms with Crippen molar-refractivity contribution in [3.8, 4) is 11.1 Å². The van der Waals surface area contributed by atoms with Gasteiger partial charge >= 0.3 is 5.97 Å². The number of piperidine rings is 2. The molecule has 230 valence electrons. The first-order chi connectivity index (χ1) is 19.7. The maximum Gasteiger partial charge on any atom is 0.337 e. The van der Waals surface area contributed by atoms with Crippen LogP contribution in [0.3, 0.4) is 0 Å². The van der Waals surface area contributed by atoms with E-state index in [-0.39, 0.29) is 16.1 Å². The first-order valence-electron chi connectivity index (χ1n) is 15.2. The average molecular weight is 604 g/mol. The van der Waals surface area contributed by atoms with Gasteiger partial charge in [0.15, 0.2) is 17.7 Å². The summed E-state index contributed by atoms with van der Waals surface area (Å²) in [4.78, 5) is 22.1. The zero-order valence-corrected chi connectivity index (χ0v) is 26.3. The Morgan fingerprint density at radius 2 is 1.69 bits per heavy atom. The van der Waals surface area contributed by atoms with Crippen LogP contribution in [0.4, 0.5) is 14.5 Å². The second kappa shape index (κ2) is 11.7. The summed E-state index contributed by atoms with van der Waals surface area (Å²) in [5.74, 6) is -3.09. The van der Waals surface area contributed by atoms with Gasteiger partial charge in [0.1, 0.15) is 5.15 Å². The van der Waals surface area contributed by atoms with Gasteiger partial charge in [0.2, 0.25) is 0 Å². The minimum atomic E-state index is -1.40. The van der Waals surface area contributed by atoms with Crippen molar-refractivity contribution in [1.29, 1.82) is 0 Å². The van der Waals surface area contributed by atoms with Gasteiger partial charge in [-0.25, -0.2) is 18.6 Å². The Hall–Kier alpha value is -2.29. The normalized spacial score (nSPS) is 21.3. The van der Waals surface area contributed by atoms with E-state index >= 15 is 0 Å². The minimum Gasteiger partial charge on any atom is -0.479 e. The van der Waals surface area contributed by atoms with E-state index < -0.39 is 29.3 Å². The van der Waals surface area contributed by atoms with Crippen LogP contribution in [0.1, 0.15) is 96.9 Å². The monoisotopic (exact) mass is 603 g/mol. The number of benzene rings is 1. The van der Waals surface area contributed by atoms with Crippen LogP contribution in [-0.4, -0.2) is 52.7 Å². The van der Waals surface area contributed by atoms with Crippen LogP contribution >= 0.6 is 11.6 Å². The number of hydrogen-bond acceptors (Lipinski definition) is 5. The van der Waals surface area contributed by atoms with Crippen molar-refractivity contribution in [2.24, 2.45) is 10.8 Å². The molecule has 9 heteroatoms. The van der Waals surface area contributed by atoms with E-state index in [2.05, 4.69) is 23.6 Å². The number of rotatable bonds is 7. The van der Waals surface area contributed by atoms with Gasteiger partial charge < -0.3 is 14.7 Å². The summed E-state index contributed by atoms with van der Waals surface area (Å²) < 4.78 is 35.1. The molecule has 1 spiro atoms. The Kier molecular flexibility index (Phi) is 8.65. The largest absolute Gasteiger partial charge is 0.479 e. The Balaban J connectivity index is 1.69. The molecule has 1 aromatic carbocycles. The molecular formula is C33H44ClF2N3O3. The molecule has 2 aliphatic heterocycles. The number of aliphatic carboxylic acids is 1. The molecule has 3 aliphatic rings. The highest BCUT2D eigenvalue weighted by Gasteiger charge is 2.41. The van der Waals surface area contributed by atoms with Crippen LogP contribution in [0, 0.1) is 22.5 Å². The molecule has 2 saturated heterocycles. The molecule has 1 N–H and O–H groups in total. The number of ether oxygens (including phenoxy) is 1. The van der Waals surface area contributed by atoms with Gasteiger partial charge in [-0.1, -0.05) is 37.9 Å². The van der Waals surface area contributed by atoms with Crippen LogP contribution in [0.25, 0.3) is 11.1 Å². The van der Waals surface area contributed by atoms with E-state index in [0.29, 0.717) is 47.6 Å². The van der Waals surface area contributed by atoms with E-state index in [9.17, 15) is 18.7 Å². The van der Waals surface area contributed by atoms with Gasteiger partial charge in [-0.15, -0.1) is 0 Å². The molecule has 1 saturated carbocycles. The molecule has 5 rings (SSSR count). The molecule has 0 bridgehead atoms. The summed E-state index contributed by atoms with van der Waals surface area (Å²) in [5, 5.41) is 10.5. The summed E-state index contributed by atoms with van der Waals surface area (Å²) in [7, 11) is 0. The standard InChI is InChI=1S/C33H44ClF2N3O3/c1-31(2,3)42-28(30(40)41)26-27(39-17-11-32(4,5)12-18-39)25(21-7-8-22(35)23(36)19-21)24(37-29(26)34)20-38-15-13-33(14-16-38)9-6-10-33/h7-8,19,28H,6,9-18,20H2,1-5H3,(H,40,41). The Morgan fingerprint density at radius 3 is 2.21 bits per heavy atom. The van der Waals surface area contributed by atoms with Crippen molar-refractivity contribution in [1.82, 2.24) is 9.88 Å². The highest BCUT2D eigenvalue weighted by atomic mass is 35.5. The Labute approximate surface area is 253 Å². The number of likely N-dealkylation sites (tertiary alicyclic amines) is 1. The molecule has 42 heavy (non-hydrogen) atoms. The van der Waals surface area contributed by atoms with Gasteiger partial charge in [-0.3, -0.25) is 4.90 Å². The third-order valence-electron chi connectivity index (χ3n) is 9.54. The third kappa shape index (κ3) is 6.61. The molecule has 1 aliphatic carbocycles. The van der Waals surface area contributed by atoms with Crippen LogP contribution in [-0.2, 0) is 16.1 Å². The van der Waals surface area contributed by atoms with E-state index in [4.69, 9.17) is 21.3 Å². The summed E-state index contributed by atoms with van der Waals surface area (Å²) in [6.07, 6.45) is 6.51. The number of carboxylic acids is 1. The first-order valence-corrected chi connectivity index (χ1v) is 15.6. The molecular weight excluding hydrogens is 560 g/mol. The van der Waals surface area contributed by atoms with E-state index in [1.54, 1.807) is 26.8 Å². The lowest BCUT2D eigenvalue weighted by Crippen LogP contribution is -2.43. The molecule has 3 fully saturated rings. The van der Waals surface area contributed by atoms with Gasteiger partial charge in [-0.2, -0.15) is 0 Å². The number of carboxylic acid groups (broad SMARTS) is 1. The van der Waals surface area contributed by atoms with Crippen LogP contribution < -0.4 is 4.90 Å². The van der Waals surface area contributed by atoms with Gasteiger partial charge in [0, 0.05) is 25.2 Å². The number of aromatic nitrogens is 1. The zero-order chi connectivity index (χ0) is 30.4. The number of carbonyl (C=O) groups is 1. The zero-order valence-electron chi connectivity index (χ0n) is 25.5. The predicted molar refractivity (Wildman–Crippen MR) is 162 cm³/mol. The summed E-state index contributed by atoms with van der Waals surface area (Å²) >= 11 is 6.95. The quantitative estimate of drug-likeness (QED) is 0.323. The lowest BCUT2D eigenvalue weighted by Gasteiger charge is -2.48. The number of nitrogens with zero attached hydrogens (tertiary/aromatic N) is 3. The molecule has 0 amide bonds. The number of hydrogen-bond donors (Lipinski definition) is 1. The van der Waals surface area contributed by atoms with Crippen molar-refractivity contribution in [3.63, 3.8) is 0 Å². The van der Waals surface area contributed by atoms with Crippen LogP contribution in [0.5, 0.6) is 0 Å². The fourth-order valence-electron chi connectivity index (χ4n) is 6.73. The molecule has 1 atom stereocenters. The first kappa shape index (κ1) is 31.1. The SMILES string of the molecule is CC1(C)CCN(c2c(-c3ccc(F)c(F)c3)c(CN3CCC4(CCC4)CC3)nc(Cl)c2C(OC(C)(C)C)C(=O)O)CC1. The number of pyridine rings is 1. The van der Waals surface area contributed by atoms with Crippen LogP contribution in [0.15, 0.2) is 18.2 Å². The lowest BCUT2D eigenvalue weighted by molar-refractivity contribution is -0.160. The van der Waals surface area contributed by atoms with Crippen molar-refractivity contribution in [2.75, 3.05) is 31.1 Å². The Bertz CT molecular complexity index is 1320. The second-order valence-corrected chi connectivity index (χ2v) is 14.7. The maximum absolute atomic E-state index is 14.8. The molecule has 1 unspecified atom stereocenters. The smallest absolute Gasteiger partial charge is 0.337 e. The highest BCUT2D eigenvalue weighted by Crippen LogP contribution is 2.50. The van der Waals surface area contributed by atoms with Crippen LogP contribution in [0.2, 0.25) is 5.15 Å². The van der Waals surface area contributed by atoms with Gasteiger partial charge in [-0.05, 0) is 101 Å². The topological polar surface area (TPSA) is 65.9 Å². The highest BCUT2D eigenvalue weighted by molar-refractivity contribution is 6.31. The maximum atomic E-state index is 14.8. The van der Waals surface area contributed by atoms with Gasteiger partial charge in [0.25, 0.3) is 0 Å². The van der Waals surface area contributed by atoms with E-state index in [1.807, 2.05) is 0 Å². The predicted octanol–water partition coefficient (Wildman–Crippen LogP) is 8.01. The van der Waals surface area contributed by atoms with E-state index in [0.717, 1.165) is 44.8 Å². The number of anilines is 1. The van der Waals surface area contributed by atoms with Crippen molar-refractivity contribution in [3.05, 3.63) is 46.2 Å². The molecule has 6 nitrogen and oxygen atoms in total. The molecule has 1 aromatic heterocycles. The van der Waals surface area contributed by atoms with Crippen molar-refractivity contribution < 1.29 is 23.4 Å². The van der Waals surface area contributed by atoms with Gasteiger partial charge in [0.05, 0.1) is 22.5 Å². The molecule has 2 aromatic rings. The lowest BCUT2D eigenvalue weighted by atomic mass is 9.63. The molecule has 3 heterocycles. The second-order valence-electron chi connectivity index (χ2n) is 14.3. The summed E-state index contributed by atoms with van der Waals surface area (Å²) in [6, 6.07) is 3.85. The number of halogens is 3. The minimum absolute atomic E-state index is 0.0697.